The van der Waals surface area contributed by atoms with E-state index in [4.69, 9.17) is 10.5 Å². The molecule has 0 spiro atoms. The van der Waals surface area contributed by atoms with Crippen molar-refractivity contribution in [1.82, 2.24) is 4.90 Å². The number of hydrogen-bond donors (Lipinski definition) is 1. The number of ether oxygens (including phenoxy) is 1. The second kappa shape index (κ2) is 6.64. The van der Waals surface area contributed by atoms with Crippen molar-refractivity contribution in [2.75, 3.05) is 38.2 Å². The van der Waals surface area contributed by atoms with Crippen LogP contribution in [0.5, 0.6) is 5.75 Å². The first-order chi connectivity index (χ1) is 9.19. The van der Waals surface area contributed by atoms with Gasteiger partial charge in [-0.05, 0) is 25.0 Å². The highest BCUT2D eigenvalue weighted by molar-refractivity contribution is 7.99. The number of hydrogen-bond acceptors (Lipinski definition) is 4. The van der Waals surface area contributed by atoms with Gasteiger partial charge in [0, 0.05) is 36.7 Å². The lowest BCUT2D eigenvalue weighted by molar-refractivity contribution is 0.123. The lowest BCUT2D eigenvalue weighted by atomic mass is 9.90. The van der Waals surface area contributed by atoms with Crippen molar-refractivity contribution < 1.29 is 4.74 Å². The molecule has 1 saturated heterocycles. The summed E-state index contributed by atoms with van der Waals surface area (Å²) in [5.74, 6) is 3.39. The Morgan fingerprint density at radius 3 is 2.63 bits per heavy atom. The first kappa shape index (κ1) is 14.7. The second-order valence-corrected chi connectivity index (χ2v) is 6.51. The Bertz CT molecular complexity index is 407. The Balaban J connectivity index is 2.16. The number of methoxy groups -OCH3 is 1. The second-order valence-electron chi connectivity index (χ2n) is 5.29. The summed E-state index contributed by atoms with van der Waals surface area (Å²) in [5.41, 5.74) is 7.36. The molecule has 0 amide bonds. The zero-order valence-electron chi connectivity index (χ0n) is 11.9. The fourth-order valence-corrected chi connectivity index (χ4v) is 3.58. The summed E-state index contributed by atoms with van der Waals surface area (Å²) in [6.07, 6.45) is 0.943. The minimum absolute atomic E-state index is 0.0234. The molecule has 1 heterocycles. The van der Waals surface area contributed by atoms with Gasteiger partial charge in [-0.1, -0.05) is 18.2 Å². The van der Waals surface area contributed by atoms with Gasteiger partial charge < -0.3 is 10.5 Å². The van der Waals surface area contributed by atoms with E-state index in [0.717, 1.165) is 25.3 Å². The highest BCUT2D eigenvalue weighted by Crippen LogP contribution is 2.28. The molecule has 0 aromatic heterocycles. The molecule has 1 aliphatic rings. The maximum Gasteiger partial charge on any atom is 0.122 e. The molecule has 0 saturated carbocycles. The molecule has 106 valence electrons. The van der Waals surface area contributed by atoms with Crippen LogP contribution in [-0.4, -0.2) is 48.7 Å². The number of para-hydroxylation sites is 1. The number of rotatable bonds is 5. The molecule has 0 aliphatic carbocycles. The SMILES string of the molecule is COc1ccccc1CC(C)(CN)N1CCSCC1. The monoisotopic (exact) mass is 280 g/mol. The molecule has 1 unspecified atom stereocenters. The van der Waals surface area contributed by atoms with Gasteiger partial charge >= 0.3 is 0 Å². The van der Waals surface area contributed by atoms with Crippen molar-refractivity contribution in [2.24, 2.45) is 5.73 Å². The molecular formula is C15H24N2OS. The predicted octanol–water partition coefficient (Wildman–Crippen LogP) is 2.00. The van der Waals surface area contributed by atoms with Crippen LogP contribution in [-0.2, 0) is 6.42 Å². The van der Waals surface area contributed by atoms with Crippen LogP contribution >= 0.6 is 11.8 Å². The smallest absolute Gasteiger partial charge is 0.122 e. The molecule has 1 fully saturated rings. The fourth-order valence-electron chi connectivity index (χ4n) is 2.68. The number of nitrogens with two attached hydrogens (primary N) is 1. The Morgan fingerprint density at radius 1 is 1.32 bits per heavy atom. The van der Waals surface area contributed by atoms with Crippen LogP contribution in [0.15, 0.2) is 24.3 Å². The van der Waals surface area contributed by atoms with Gasteiger partial charge in [0.1, 0.15) is 5.75 Å². The fraction of sp³-hybridized carbons (Fsp3) is 0.600. The van der Waals surface area contributed by atoms with Gasteiger partial charge in [-0.2, -0.15) is 11.8 Å². The highest BCUT2D eigenvalue weighted by atomic mass is 32.2. The van der Waals surface area contributed by atoms with Crippen molar-refractivity contribution in [3.63, 3.8) is 0 Å². The average molecular weight is 280 g/mol. The summed E-state index contributed by atoms with van der Waals surface area (Å²) in [7, 11) is 1.73. The van der Waals surface area contributed by atoms with E-state index < -0.39 is 0 Å². The Labute approximate surface area is 120 Å². The Hall–Kier alpha value is -0.710. The van der Waals surface area contributed by atoms with Crippen molar-refractivity contribution in [1.29, 1.82) is 0 Å². The van der Waals surface area contributed by atoms with E-state index in [1.807, 2.05) is 23.9 Å². The molecule has 1 aromatic carbocycles. The highest BCUT2D eigenvalue weighted by Gasteiger charge is 2.32. The van der Waals surface area contributed by atoms with E-state index in [0.29, 0.717) is 6.54 Å². The lowest BCUT2D eigenvalue weighted by Gasteiger charge is -2.43. The van der Waals surface area contributed by atoms with E-state index in [2.05, 4.69) is 24.0 Å². The van der Waals surface area contributed by atoms with Crippen LogP contribution in [0.1, 0.15) is 12.5 Å². The molecule has 2 rings (SSSR count). The van der Waals surface area contributed by atoms with Crippen LogP contribution in [0.2, 0.25) is 0 Å². The maximum absolute atomic E-state index is 6.09. The first-order valence-electron chi connectivity index (χ1n) is 6.84. The van der Waals surface area contributed by atoms with E-state index in [1.165, 1.54) is 17.1 Å². The molecule has 0 bridgehead atoms. The third kappa shape index (κ3) is 3.44. The topological polar surface area (TPSA) is 38.5 Å². The van der Waals surface area contributed by atoms with E-state index in [1.54, 1.807) is 7.11 Å². The van der Waals surface area contributed by atoms with Crippen molar-refractivity contribution in [3.05, 3.63) is 29.8 Å². The zero-order valence-corrected chi connectivity index (χ0v) is 12.7. The predicted molar refractivity (Wildman–Crippen MR) is 83.1 cm³/mol. The van der Waals surface area contributed by atoms with Crippen LogP contribution in [0.25, 0.3) is 0 Å². The molecule has 0 radical (unpaired) electrons. The van der Waals surface area contributed by atoms with Gasteiger partial charge in [-0.3, -0.25) is 4.90 Å². The number of nitrogens with zero attached hydrogens (tertiary/aromatic N) is 1. The molecule has 1 aromatic rings. The van der Waals surface area contributed by atoms with E-state index >= 15 is 0 Å². The molecule has 19 heavy (non-hydrogen) atoms. The standard InChI is InChI=1S/C15H24N2OS/c1-15(12-16,17-7-9-19-10-8-17)11-13-5-3-4-6-14(13)18-2/h3-6H,7-12,16H2,1-2H3. The van der Waals surface area contributed by atoms with Gasteiger partial charge in [0.25, 0.3) is 0 Å². The van der Waals surface area contributed by atoms with E-state index in [9.17, 15) is 0 Å². The van der Waals surface area contributed by atoms with E-state index in [-0.39, 0.29) is 5.54 Å². The summed E-state index contributed by atoms with van der Waals surface area (Å²) in [5, 5.41) is 0. The zero-order chi connectivity index (χ0) is 13.7. The lowest BCUT2D eigenvalue weighted by Crippen LogP contribution is -2.55. The maximum atomic E-state index is 6.09. The third-order valence-electron chi connectivity index (χ3n) is 3.98. The number of benzene rings is 1. The van der Waals surface area contributed by atoms with Crippen molar-refractivity contribution in [2.45, 2.75) is 18.9 Å². The van der Waals surface area contributed by atoms with Crippen molar-refractivity contribution in [3.8, 4) is 5.75 Å². The van der Waals surface area contributed by atoms with Crippen LogP contribution in [0.3, 0.4) is 0 Å². The summed E-state index contributed by atoms with van der Waals surface area (Å²) in [6, 6.07) is 8.25. The summed E-state index contributed by atoms with van der Waals surface area (Å²) in [4.78, 5) is 2.54. The summed E-state index contributed by atoms with van der Waals surface area (Å²) < 4.78 is 5.46. The average Bonchev–Trinajstić information content (AvgIpc) is 2.48. The largest absolute Gasteiger partial charge is 0.496 e. The molecule has 4 heteroatoms. The van der Waals surface area contributed by atoms with Crippen molar-refractivity contribution >= 4 is 11.8 Å². The van der Waals surface area contributed by atoms with Gasteiger partial charge in [0.2, 0.25) is 0 Å². The molecule has 1 aliphatic heterocycles. The molecular weight excluding hydrogens is 256 g/mol. The normalized spacial score (nSPS) is 19.9. The molecule has 1 atom stereocenters. The van der Waals surface area contributed by atoms with Crippen LogP contribution in [0, 0.1) is 0 Å². The summed E-state index contributed by atoms with van der Waals surface area (Å²) >= 11 is 2.03. The molecule has 2 N–H and O–H groups in total. The Kier molecular flexibility index (Phi) is 5.13. The Morgan fingerprint density at radius 2 is 2.00 bits per heavy atom. The minimum atomic E-state index is 0.0234. The van der Waals surface area contributed by atoms with Gasteiger partial charge in [0.05, 0.1) is 7.11 Å². The molecule has 3 nitrogen and oxygen atoms in total. The van der Waals surface area contributed by atoms with Gasteiger partial charge in [-0.15, -0.1) is 0 Å². The summed E-state index contributed by atoms with van der Waals surface area (Å²) in [6.45, 7) is 5.21. The van der Waals surface area contributed by atoms with Gasteiger partial charge in [-0.25, -0.2) is 0 Å². The first-order valence-corrected chi connectivity index (χ1v) is 8.00. The van der Waals surface area contributed by atoms with Crippen LogP contribution < -0.4 is 10.5 Å². The van der Waals surface area contributed by atoms with Crippen LogP contribution in [0.4, 0.5) is 0 Å². The van der Waals surface area contributed by atoms with Gasteiger partial charge in [0.15, 0.2) is 0 Å². The third-order valence-corrected chi connectivity index (χ3v) is 4.92. The number of thioether (sulfide) groups is 1. The minimum Gasteiger partial charge on any atom is -0.496 e. The quantitative estimate of drug-likeness (QED) is 0.895.